The van der Waals surface area contributed by atoms with Crippen molar-refractivity contribution in [1.82, 2.24) is 5.32 Å². The van der Waals surface area contributed by atoms with Crippen LogP contribution in [0.2, 0.25) is 0 Å². The molecule has 1 atom stereocenters. The number of hydrogen-bond donors (Lipinski definition) is 1. The third kappa shape index (κ3) is 11.1. The number of alkyl carbamates (subject to hydrolysis) is 1. The molecule has 1 N–H and O–H groups in total. The fourth-order valence-corrected chi connectivity index (χ4v) is 1.46. The average Bonchev–Trinajstić information content (AvgIpc) is 2.30. The van der Waals surface area contributed by atoms with Crippen LogP contribution in [0.1, 0.15) is 48.0 Å². The smallest absolute Gasteiger partial charge is 0.407 e. The zero-order valence-corrected chi connectivity index (χ0v) is 14.0. The van der Waals surface area contributed by atoms with Crippen molar-refractivity contribution in [3.63, 3.8) is 0 Å². The lowest BCUT2D eigenvalue weighted by molar-refractivity contribution is -0.144. The van der Waals surface area contributed by atoms with E-state index in [4.69, 9.17) is 14.2 Å². The van der Waals surface area contributed by atoms with Gasteiger partial charge in [0.15, 0.2) is 0 Å². The Morgan fingerprint density at radius 2 is 1.81 bits per heavy atom. The van der Waals surface area contributed by atoms with E-state index >= 15 is 0 Å². The van der Waals surface area contributed by atoms with Crippen LogP contribution in [0.15, 0.2) is 0 Å². The fourth-order valence-electron chi connectivity index (χ4n) is 1.46. The molecule has 0 aromatic carbocycles. The number of rotatable bonds is 8. The lowest BCUT2D eigenvalue weighted by atomic mass is 10.1. The summed E-state index contributed by atoms with van der Waals surface area (Å²) in [6.07, 6.45) is -0.249. The van der Waals surface area contributed by atoms with Crippen molar-refractivity contribution in [1.29, 1.82) is 0 Å². The molecule has 124 valence electrons. The van der Waals surface area contributed by atoms with E-state index in [2.05, 4.69) is 5.32 Å². The standard InChI is InChI=1S/C15H29NO5/c1-7-20-13(17)8-9-19-10-12(11(2)3)16-14(18)21-15(4,5)6/h11-12H,7-10H2,1-6H3,(H,16,18)/t12-/m0/s1. The topological polar surface area (TPSA) is 73.9 Å². The van der Waals surface area contributed by atoms with Crippen LogP contribution in [-0.4, -0.2) is 43.5 Å². The van der Waals surface area contributed by atoms with Gasteiger partial charge in [0.2, 0.25) is 0 Å². The molecule has 0 fully saturated rings. The average molecular weight is 303 g/mol. The van der Waals surface area contributed by atoms with Gasteiger partial charge in [-0.15, -0.1) is 0 Å². The Bertz CT molecular complexity index is 323. The molecule has 0 unspecified atom stereocenters. The van der Waals surface area contributed by atoms with Crippen molar-refractivity contribution in [2.24, 2.45) is 5.92 Å². The lowest BCUT2D eigenvalue weighted by Gasteiger charge is -2.25. The Balaban J connectivity index is 4.09. The van der Waals surface area contributed by atoms with Gasteiger partial charge >= 0.3 is 12.1 Å². The summed E-state index contributed by atoms with van der Waals surface area (Å²) >= 11 is 0. The third-order valence-corrected chi connectivity index (χ3v) is 2.56. The first-order valence-corrected chi connectivity index (χ1v) is 7.38. The lowest BCUT2D eigenvalue weighted by Crippen LogP contribution is -2.44. The van der Waals surface area contributed by atoms with Crippen LogP contribution in [0.4, 0.5) is 4.79 Å². The van der Waals surface area contributed by atoms with Gasteiger partial charge in [0.05, 0.1) is 32.3 Å². The molecule has 6 nitrogen and oxygen atoms in total. The summed E-state index contributed by atoms with van der Waals surface area (Å²) in [6.45, 7) is 12.1. The Kier molecular flexibility index (Phi) is 9.01. The van der Waals surface area contributed by atoms with Crippen molar-refractivity contribution >= 4 is 12.1 Å². The summed E-state index contributed by atoms with van der Waals surface area (Å²) in [7, 11) is 0. The summed E-state index contributed by atoms with van der Waals surface area (Å²) in [5, 5.41) is 2.78. The Hall–Kier alpha value is -1.30. The summed E-state index contributed by atoms with van der Waals surface area (Å²) in [5.74, 6) is -0.0844. The molecule has 0 spiro atoms. The van der Waals surface area contributed by atoms with Crippen molar-refractivity contribution in [3.8, 4) is 0 Å². The van der Waals surface area contributed by atoms with Gasteiger partial charge in [-0.05, 0) is 33.6 Å². The summed E-state index contributed by atoms with van der Waals surface area (Å²) < 4.78 is 15.5. The van der Waals surface area contributed by atoms with Crippen LogP contribution in [0.25, 0.3) is 0 Å². The highest BCUT2D eigenvalue weighted by Crippen LogP contribution is 2.09. The second-order valence-corrected chi connectivity index (χ2v) is 6.13. The first kappa shape index (κ1) is 19.7. The van der Waals surface area contributed by atoms with Crippen LogP contribution < -0.4 is 5.32 Å². The van der Waals surface area contributed by atoms with Crippen LogP contribution >= 0.6 is 0 Å². The van der Waals surface area contributed by atoms with E-state index in [1.54, 1.807) is 6.92 Å². The molecule has 0 saturated carbocycles. The fraction of sp³-hybridized carbons (Fsp3) is 0.867. The van der Waals surface area contributed by atoms with Gasteiger partial charge in [0.25, 0.3) is 0 Å². The molecule has 0 rings (SSSR count). The van der Waals surface area contributed by atoms with E-state index in [0.717, 1.165) is 0 Å². The summed E-state index contributed by atoms with van der Waals surface area (Å²) in [4.78, 5) is 22.9. The normalized spacial score (nSPS) is 12.9. The zero-order valence-electron chi connectivity index (χ0n) is 14.0. The molecular weight excluding hydrogens is 274 g/mol. The van der Waals surface area contributed by atoms with Gasteiger partial charge in [-0.3, -0.25) is 4.79 Å². The number of ether oxygens (including phenoxy) is 3. The number of carbonyl (C=O) groups excluding carboxylic acids is 2. The van der Waals surface area contributed by atoms with Crippen LogP contribution in [0, 0.1) is 5.92 Å². The monoisotopic (exact) mass is 303 g/mol. The maximum absolute atomic E-state index is 11.7. The molecule has 6 heteroatoms. The number of esters is 1. The molecule has 0 aliphatic heterocycles. The maximum atomic E-state index is 11.7. The first-order chi connectivity index (χ1) is 9.65. The van der Waals surface area contributed by atoms with Crippen LogP contribution in [0.3, 0.4) is 0 Å². The Morgan fingerprint density at radius 1 is 1.19 bits per heavy atom. The van der Waals surface area contributed by atoms with E-state index in [0.29, 0.717) is 13.2 Å². The second-order valence-electron chi connectivity index (χ2n) is 6.13. The number of amides is 1. The first-order valence-electron chi connectivity index (χ1n) is 7.38. The largest absolute Gasteiger partial charge is 0.466 e. The molecule has 0 aromatic heterocycles. The quantitative estimate of drug-likeness (QED) is 0.551. The molecule has 21 heavy (non-hydrogen) atoms. The highest BCUT2D eigenvalue weighted by molar-refractivity contribution is 5.69. The van der Waals surface area contributed by atoms with E-state index in [1.165, 1.54) is 0 Å². The second kappa shape index (κ2) is 9.60. The van der Waals surface area contributed by atoms with E-state index in [-0.39, 0.29) is 31.0 Å². The SMILES string of the molecule is CCOC(=O)CCOC[C@H](NC(=O)OC(C)(C)C)C(C)C. The predicted octanol–water partition coefficient (Wildman–Crippen LogP) is 2.51. The van der Waals surface area contributed by atoms with Gasteiger partial charge in [0.1, 0.15) is 5.60 Å². The molecule has 1 amide bonds. The van der Waals surface area contributed by atoms with Gasteiger partial charge in [-0.25, -0.2) is 4.79 Å². The Labute approximate surface area is 127 Å². The molecular formula is C15H29NO5. The predicted molar refractivity (Wildman–Crippen MR) is 80.1 cm³/mol. The molecule has 0 bridgehead atoms. The molecule has 0 aliphatic carbocycles. The maximum Gasteiger partial charge on any atom is 0.407 e. The highest BCUT2D eigenvalue weighted by atomic mass is 16.6. The number of nitrogens with one attached hydrogen (secondary N) is 1. The van der Waals surface area contributed by atoms with Crippen molar-refractivity contribution in [3.05, 3.63) is 0 Å². The minimum Gasteiger partial charge on any atom is -0.466 e. The number of hydrogen-bond acceptors (Lipinski definition) is 5. The van der Waals surface area contributed by atoms with Gasteiger partial charge in [0, 0.05) is 0 Å². The third-order valence-electron chi connectivity index (χ3n) is 2.56. The zero-order chi connectivity index (χ0) is 16.5. The van der Waals surface area contributed by atoms with Gasteiger partial charge in [-0.2, -0.15) is 0 Å². The number of carbonyl (C=O) groups is 2. The highest BCUT2D eigenvalue weighted by Gasteiger charge is 2.21. The van der Waals surface area contributed by atoms with Gasteiger partial charge < -0.3 is 19.5 Å². The van der Waals surface area contributed by atoms with E-state index < -0.39 is 11.7 Å². The molecule has 0 heterocycles. The van der Waals surface area contributed by atoms with E-state index in [9.17, 15) is 9.59 Å². The van der Waals surface area contributed by atoms with Crippen molar-refractivity contribution in [2.75, 3.05) is 19.8 Å². The molecule has 0 aromatic rings. The van der Waals surface area contributed by atoms with E-state index in [1.807, 2.05) is 34.6 Å². The van der Waals surface area contributed by atoms with Crippen molar-refractivity contribution in [2.45, 2.75) is 59.6 Å². The van der Waals surface area contributed by atoms with Crippen LogP contribution in [0.5, 0.6) is 0 Å². The summed E-state index contributed by atoms with van der Waals surface area (Å²) in [5.41, 5.74) is -0.531. The minimum atomic E-state index is -0.531. The minimum absolute atomic E-state index is 0.165. The molecule has 0 saturated heterocycles. The van der Waals surface area contributed by atoms with Crippen LogP contribution in [-0.2, 0) is 19.0 Å². The summed E-state index contributed by atoms with van der Waals surface area (Å²) in [6, 6.07) is -0.165. The molecule has 0 aliphatic rings. The van der Waals surface area contributed by atoms with Crippen molar-refractivity contribution < 1.29 is 23.8 Å². The van der Waals surface area contributed by atoms with Gasteiger partial charge in [-0.1, -0.05) is 13.8 Å². The Morgan fingerprint density at radius 3 is 2.29 bits per heavy atom. The molecule has 0 radical (unpaired) electrons.